The van der Waals surface area contributed by atoms with Gasteiger partial charge >= 0.3 is 0 Å². The van der Waals surface area contributed by atoms with E-state index in [4.69, 9.17) is 4.74 Å². The Bertz CT molecular complexity index is 1410. The number of benzene rings is 2. The minimum atomic E-state index is -0.513. The van der Waals surface area contributed by atoms with Gasteiger partial charge in [0, 0.05) is 64.1 Å². The number of likely N-dealkylation sites (N-methyl/N-ethyl adjacent to an activating group) is 1. The summed E-state index contributed by atoms with van der Waals surface area (Å²) in [6.45, 7) is 3.07. The van der Waals surface area contributed by atoms with Crippen LogP contribution in [0.3, 0.4) is 0 Å². The summed E-state index contributed by atoms with van der Waals surface area (Å²) < 4.78 is 21.7. The first-order valence-electron chi connectivity index (χ1n) is 12.3. The molecule has 0 aliphatic carbocycles. The third kappa shape index (κ3) is 6.80. The molecule has 0 N–H and O–H groups in total. The maximum absolute atomic E-state index is 14.1. The van der Waals surface area contributed by atoms with E-state index in [0.717, 1.165) is 35.2 Å². The van der Waals surface area contributed by atoms with Gasteiger partial charge in [0.05, 0.1) is 17.7 Å². The molecule has 0 unspecified atom stereocenters. The number of amides is 1. The van der Waals surface area contributed by atoms with Gasteiger partial charge in [0.15, 0.2) is 0 Å². The van der Waals surface area contributed by atoms with Crippen molar-refractivity contribution in [2.75, 3.05) is 33.3 Å². The Balaban J connectivity index is 1.34. The van der Waals surface area contributed by atoms with E-state index in [1.54, 1.807) is 60.2 Å². The van der Waals surface area contributed by atoms with Crippen molar-refractivity contribution in [2.45, 2.75) is 13.0 Å². The largest absolute Gasteiger partial charge is 0.494 e. The van der Waals surface area contributed by atoms with Crippen LogP contribution in [0.1, 0.15) is 22.3 Å². The molecule has 0 aliphatic rings. The highest BCUT2D eigenvalue weighted by Gasteiger charge is 2.17. The number of aromatic nitrogens is 2. The average molecular weight is 503 g/mol. The maximum atomic E-state index is 14.1. The number of aryl methyl sites for hydroxylation is 1. The second kappa shape index (κ2) is 12.3. The van der Waals surface area contributed by atoms with E-state index in [1.165, 1.54) is 12.1 Å². The summed E-state index contributed by atoms with van der Waals surface area (Å²) in [5.41, 5.74) is 2.02. The maximum Gasteiger partial charge on any atom is 0.256 e. The summed E-state index contributed by atoms with van der Waals surface area (Å²) in [6, 6.07) is 19.1. The van der Waals surface area contributed by atoms with E-state index >= 15 is 0 Å². The molecule has 2 aromatic carbocycles. The van der Waals surface area contributed by atoms with Gasteiger partial charge in [-0.25, -0.2) is 4.39 Å². The number of hydrogen-bond donors (Lipinski definition) is 0. The van der Waals surface area contributed by atoms with E-state index in [9.17, 15) is 14.0 Å². The molecule has 2 aromatic heterocycles. The number of carbonyl (C=O) groups excluding carboxylic acids is 1. The second-order valence-corrected chi connectivity index (χ2v) is 8.99. The van der Waals surface area contributed by atoms with Crippen molar-refractivity contribution in [1.29, 1.82) is 0 Å². The molecule has 192 valence electrons. The van der Waals surface area contributed by atoms with E-state index < -0.39 is 5.82 Å². The van der Waals surface area contributed by atoms with Gasteiger partial charge in [0.25, 0.3) is 11.5 Å². The highest BCUT2D eigenvalue weighted by atomic mass is 19.1. The number of ether oxygens (including phenoxy) is 1. The monoisotopic (exact) mass is 502 g/mol. The molecule has 7 nitrogen and oxygen atoms in total. The van der Waals surface area contributed by atoms with Crippen molar-refractivity contribution in [1.82, 2.24) is 19.4 Å². The van der Waals surface area contributed by atoms with Crippen LogP contribution in [0.25, 0.3) is 10.9 Å². The van der Waals surface area contributed by atoms with Gasteiger partial charge in [-0.15, -0.1) is 0 Å². The van der Waals surface area contributed by atoms with Gasteiger partial charge in [0.1, 0.15) is 11.6 Å². The van der Waals surface area contributed by atoms with Crippen LogP contribution < -0.4 is 10.3 Å². The Morgan fingerprint density at radius 2 is 1.78 bits per heavy atom. The smallest absolute Gasteiger partial charge is 0.256 e. The van der Waals surface area contributed by atoms with E-state index in [0.29, 0.717) is 26.2 Å². The molecule has 0 radical (unpaired) electrons. The summed E-state index contributed by atoms with van der Waals surface area (Å²) in [4.78, 5) is 32.4. The number of hydrogen-bond acceptors (Lipinski definition) is 5. The molecule has 8 heteroatoms. The van der Waals surface area contributed by atoms with Crippen molar-refractivity contribution in [3.63, 3.8) is 0 Å². The number of nitrogens with zero attached hydrogens (tertiary/aromatic N) is 4. The summed E-state index contributed by atoms with van der Waals surface area (Å²) >= 11 is 0. The zero-order valence-electron chi connectivity index (χ0n) is 21.1. The zero-order valence-corrected chi connectivity index (χ0v) is 21.1. The standard InChI is InChI=1S/C29H31FN4O3/c1-32(29(36)25-6-3-4-7-26(25)30)17-18-34(21-22-12-14-31-15-13-22)16-5-19-37-24-9-10-27-23(20-24)8-11-28(35)33(27)2/h3-4,6-15,20H,5,16-19,21H2,1-2H3. The first-order valence-corrected chi connectivity index (χ1v) is 12.3. The number of carbonyl (C=O) groups is 1. The van der Waals surface area contributed by atoms with Crippen LogP contribution in [0.2, 0.25) is 0 Å². The second-order valence-electron chi connectivity index (χ2n) is 8.99. The Labute approximate surface area is 215 Å². The lowest BCUT2D eigenvalue weighted by atomic mass is 10.2. The Kier molecular flexibility index (Phi) is 8.64. The SMILES string of the molecule is CN(CCN(CCCOc1ccc2c(ccc(=O)n2C)c1)Cc1ccncc1)C(=O)c1ccccc1F. The topological polar surface area (TPSA) is 67.7 Å². The molecule has 0 saturated carbocycles. The van der Waals surface area contributed by atoms with Crippen molar-refractivity contribution in [3.05, 3.63) is 106 Å². The molecule has 37 heavy (non-hydrogen) atoms. The van der Waals surface area contributed by atoms with Gasteiger partial charge < -0.3 is 14.2 Å². The molecule has 1 amide bonds. The van der Waals surface area contributed by atoms with Gasteiger partial charge in [0.2, 0.25) is 0 Å². The van der Waals surface area contributed by atoms with Gasteiger partial charge in [-0.3, -0.25) is 19.5 Å². The predicted molar refractivity (Wildman–Crippen MR) is 142 cm³/mol. The minimum absolute atomic E-state index is 0.0447. The van der Waals surface area contributed by atoms with Crippen molar-refractivity contribution in [3.8, 4) is 5.75 Å². The van der Waals surface area contributed by atoms with Crippen LogP contribution >= 0.6 is 0 Å². The number of halogens is 1. The quantitative estimate of drug-likeness (QED) is 0.289. The molecule has 4 aromatic rings. The van der Waals surface area contributed by atoms with Crippen molar-refractivity contribution in [2.24, 2.45) is 7.05 Å². The number of rotatable bonds is 11. The average Bonchev–Trinajstić information content (AvgIpc) is 2.92. The molecule has 4 rings (SSSR count). The normalized spacial score (nSPS) is 11.1. The molecule has 0 aliphatic heterocycles. The van der Waals surface area contributed by atoms with Gasteiger partial charge in [-0.05, 0) is 60.5 Å². The van der Waals surface area contributed by atoms with E-state index in [1.807, 2.05) is 30.3 Å². The Morgan fingerprint density at radius 3 is 2.57 bits per heavy atom. The third-order valence-corrected chi connectivity index (χ3v) is 6.34. The molecule has 0 fully saturated rings. The van der Waals surface area contributed by atoms with Crippen LogP contribution in [-0.2, 0) is 13.6 Å². The van der Waals surface area contributed by atoms with Crippen molar-refractivity contribution < 1.29 is 13.9 Å². The summed E-state index contributed by atoms with van der Waals surface area (Å²) in [7, 11) is 3.45. The number of pyridine rings is 2. The zero-order chi connectivity index (χ0) is 26.2. The summed E-state index contributed by atoms with van der Waals surface area (Å²) in [5.74, 6) is -0.0952. The van der Waals surface area contributed by atoms with E-state index in [-0.39, 0.29) is 17.0 Å². The molecular weight excluding hydrogens is 471 g/mol. The highest BCUT2D eigenvalue weighted by molar-refractivity contribution is 5.94. The molecule has 0 saturated heterocycles. The number of fused-ring (bicyclic) bond motifs is 1. The minimum Gasteiger partial charge on any atom is -0.494 e. The van der Waals surface area contributed by atoms with Crippen molar-refractivity contribution >= 4 is 16.8 Å². The lowest BCUT2D eigenvalue weighted by Gasteiger charge is -2.26. The molecular formula is C29H31FN4O3. The van der Waals surface area contributed by atoms with Crippen LogP contribution in [0, 0.1) is 5.82 Å². The fraction of sp³-hybridized carbons (Fsp3) is 0.276. The molecule has 2 heterocycles. The lowest BCUT2D eigenvalue weighted by molar-refractivity contribution is 0.0770. The summed E-state index contributed by atoms with van der Waals surface area (Å²) in [6.07, 6.45) is 4.31. The Morgan fingerprint density at radius 1 is 1.00 bits per heavy atom. The third-order valence-electron chi connectivity index (χ3n) is 6.34. The van der Waals surface area contributed by atoms with Gasteiger partial charge in [-0.2, -0.15) is 0 Å². The van der Waals surface area contributed by atoms with Crippen LogP contribution in [-0.4, -0.2) is 58.5 Å². The fourth-order valence-corrected chi connectivity index (χ4v) is 4.18. The lowest BCUT2D eigenvalue weighted by Crippen LogP contribution is -2.37. The molecule has 0 bridgehead atoms. The fourth-order valence-electron chi connectivity index (χ4n) is 4.18. The van der Waals surface area contributed by atoms with Crippen LogP contribution in [0.5, 0.6) is 5.75 Å². The summed E-state index contributed by atoms with van der Waals surface area (Å²) in [5, 5.41) is 0.946. The first-order chi connectivity index (χ1) is 17.9. The Hall–Kier alpha value is -4.04. The predicted octanol–water partition coefficient (Wildman–Crippen LogP) is 4.12. The van der Waals surface area contributed by atoms with Crippen LogP contribution in [0.15, 0.2) is 83.9 Å². The van der Waals surface area contributed by atoms with Crippen LogP contribution in [0.4, 0.5) is 4.39 Å². The van der Waals surface area contributed by atoms with E-state index in [2.05, 4.69) is 9.88 Å². The molecule has 0 spiro atoms. The highest BCUT2D eigenvalue weighted by Crippen LogP contribution is 2.19. The first kappa shape index (κ1) is 26.0. The van der Waals surface area contributed by atoms with Gasteiger partial charge in [-0.1, -0.05) is 12.1 Å². The molecule has 0 atom stereocenters.